The van der Waals surface area contributed by atoms with Gasteiger partial charge in [-0.1, -0.05) is 46.1 Å². The molecule has 0 aliphatic heterocycles. The van der Waals surface area contributed by atoms with Crippen LogP contribution in [0, 0.1) is 5.41 Å². The fraction of sp³-hybridized carbons (Fsp3) is 0.611. The highest BCUT2D eigenvalue weighted by molar-refractivity contribution is 14.0. The lowest BCUT2D eigenvalue weighted by atomic mass is 9.87. The molecule has 2 N–H and O–H groups in total. The lowest BCUT2D eigenvalue weighted by Gasteiger charge is -2.26. The number of hydrogen-bond donors (Lipinski definition) is 2. The van der Waals surface area contributed by atoms with Gasteiger partial charge in [0.15, 0.2) is 17.4 Å². The zero-order chi connectivity index (χ0) is 17.4. The maximum atomic E-state index is 4.30. The molecule has 2 rings (SSSR count). The first-order chi connectivity index (χ1) is 11.6. The third-order valence-electron chi connectivity index (χ3n) is 4.21. The molecule has 7 heteroatoms. The predicted octanol–water partition coefficient (Wildman–Crippen LogP) is 3.62. The van der Waals surface area contributed by atoms with Crippen molar-refractivity contribution in [2.24, 2.45) is 10.4 Å². The SMILES string of the molecule is CCCCCC(C)(C)CNC(=NC)NCc1nnc2ccccn12.I. The average molecular weight is 458 g/mol. The van der Waals surface area contributed by atoms with E-state index in [1.54, 1.807) is 7.05 Å². The molecule has 0 fully saturated rings. The fourth-order valence-electron chi connectivity index (χ4n) is 2.66. The predicted molar refractivity (Wildman–Crippen MR) is 115 cm³/mol. The number of hydrogen-bond acceptors (Lipinski definition) is 3. The van der Waals surface area contributed by atoms with Crippen LogP contribution in [0.2, 0.25) is 0 Å². The van der Waals surface area contributed by atoms with E-state index < -0.39 is 0 Å². The first-order valence-corrected chi connectivity index (χ1v) is 8.79. The molecule has 0 saturated carbocycles. The molecule has 0 amide bonds. The standard InChI is InChI=1S/C18H30N6.HI/c1-5-6-8-11-18(2,3)14-21-17(19-4)20-13-16-23-22-15-10-7-9-12-24(15)16;/h7,9-10,12H,5-6,8,11,13-14H2,1-4H3,(H2,19,20,21);1H. The molecular formula is C18H31IN6. The Morgan fingerprint density at radius 3 is 2.72 bits per heavy atom. The Labute approximate surface area is 167 Å². The fourth-order valence-corrected chi connectivity index (χ4v) is 2.66. The number of aliphatic imine (C=N–C) groups is 1. The molecule has 0 atom stereocenters. The number of guanidine groups is 1. The first-order valence-electron chi connectivity index (χ1n) is 8.79. The molecule has 0 aromatic carbocycles. The highest BCUT2D eigenvalue weighted by Crippen LogP contribution is 2.22. The minimum atomic E-state index is 0. The number of pyridine rings is 1. The summed E-state index contributed by atoms with van der Waals surface area (Å²) in [5.41, 5.74) is 1.11. The van der Waals surface area contributed by atoms with Crippen molar-refractivity contribution in [2.75, 3.05) is 13.6 Å². The van der Waals surface area contributed by atoms with Crippen LogP contribution in [0.25, 0.3) is 5.65 Å². The van der Waals surface area contributed by atoms with Crippen molar-refractivity contribution in [3.8, 4) is 0 Å². The van der Waals surface area contributed by atoms with E-state index in [0.717, 1.165) is 24.0 Å². The summed E-state index contributed by atoms with van der Waals surface area (Å²) in [5, 5.41) is 15.1. The van der Waals surface area contributed by atoms with E-state index in [1.807, 2.05) is 28.8 Å². The van der Waals surface area contributed by atoms with Crippen molar-refractivity contribution < 1.29 is 0 Å². The molecule has 0 aliphatic carbocycles. The molecule has 0 unspecified atom stereocenters. The Morgan fingerprint density at radius 2 is 2.00 bits per heavy atom. The zero-order valence-electron chi connectivity index (χ0n) is 15.7. The molecule has 6 nitrogen and oxygen atoms in total. The number of halogens is 1. The summed E-state index contributed by atoms with van der Waals surface area (Å²) in [4.78, 5) is 4.30. The van der Waals surface area contributed by atoms with Gasteiger partial charge in [0.05, 0.1) is 6.54 Å². The lowest BCUT2D eigenvalue weighted by Crippen LogP contribution is -2.42. The summed E-state index contributed by atoms with van der Waals surface area (Å²) < 4.78 is 1.98. The van der Waals surface area contributed by atoms with Crippen molar-refractivity contribution in [3.63, 3.8) is 0 Å². The number of unbranched alkanes of at least 4 members (excludes halogenated alkanes) is 2. The second-order valence-electron chi connectivity index (χ2n) is 6.95. The molecular weight excluding hydrogens is 427 g/mol. The molecule has 0 spiro atoms. The second kappa shape index (κ2) is 10.6. The van der Waals surface area contributed by atoms with Crippen molar-refractivity contribution in [3.05, 3.63) is 30.2 Å². The molecule has 0 bridgehead atoms. The van der Waals surface area contributed by atoms with Gasteiger partial charge in [-0.3, -0.25) is 9.39 Å². The van der Waals surface area contributed by atoms with E-state index >= 15 is 0 Å². The largest absolute Gasteiger partial charge is 0.356 e. The molecule has 2 heterocycles. The van der Waals surface area contributed by atoms with Crippen LogP contribution in [0.3, 0.4) is 0 Å². The maximum Gasteiger partial charge on any atom is 0.191 e. The van der Waals surface area contributed by atoms with Crippen molar-refractivity contribution >= 4 is 35.6 Å². The number of fused-ring (bicyclic) bond motifs is 1. The highest BCUT2D eigenvalue weighted by atomic mass is 127. The molecule has 0 saturated heterocycles. The highest BCUT2D eigenvalue weighted by Gasteiger charge is 2.17. The van der Waals surface area contributed by atoms with Gasteiger partial charge < -0.3 is 10.6 Å². The van der Waals surface area contributed by atoms with Crippen LogP contribution in [-0.2, 0) is 6.54 Å². The van der Waals surface area contributed by atoms with Crippen LogP contribution in [0.15, 0.2) is 29.4 Å². The van der Waals surface area contributed by atoms with Gasteiger partial charge in [0, 0.05) is 19.8 Å². The second-order valence-corrected chi connectivity index (χ2v) is 6.95. The average Bonchev–Trinajstić information content (AvgIpc) is 2.98. The number of nitrogens with one attached hydrogen (secondary N) is 2. The Bertz CT molecular complexity index is 664. The molecule has 0 aliphatic rings. The minimum Gasteiger partial charge on any atom is -0.356 e. The van der Waals surface area contributed by atoms with Crippen LogP contribution in [-0.4, -0.2) is 34.2 Å². The zero-order valence-corrected chi connectivity index (χ0v) is 18.1. The van der Waals surface area contributed by atoms with E-state index in [9.17, 15) is 0 Å². The van der Waals surface area contributed by atoms with Gasteiger partial charge >= 0.3 is 0 Å². The number of nitrogens with zero attached hydrogens (tertiary/aromatic N) is 4. The van der Waals surface area contributed by atoms with Crippen molar-refractivity contribution in [1.29, 1.82) is 0 Å². The summed E-state index contributed by atoms with van der Waals surface area (Å²) in [5.74, 6) is 1.67. The topological polar surface area (TPSA) is 66.6 Å². The number of aromatic nitrogens is 3. The third-order valence-corrected chi connectivity index (χ3v) is 4.21. The van der Waals surface area contributed by atoms with E-state index in [2.05, 4.69) is 46.6 Å². The number of rotatable bonds is 8. The molecule has 0 radical (unpaired) electrons. The molecule has 140 valence electrons. The van der Waals surface area contributed by atoms with Gasteiger partial charge in [-0.05, 0) is 24.0 Å². The van der Waals surface area contributed by atoms with Crippen LogP contribution >= 0.6 is 24.0 Å². The smallest absolute Gasteiger partial charge is 0.191 e. The Balaban J connectivity index is 0.00000312. The van der Waals surface area contributed by atoms with Gasteiger partial charge in [-0.2, -0.15) is 0 Å². The van der Waals surface area contributed by atoms with E-state index in [4.69, 9.17) is 0 Å². The maximum absolute atomic E-state index is 4.30. The minimum absolute atomic E-state index is 0. The van der Waals surface area contributed by atoms with Gasteiger partial charge in [0.2, 0.25) is 0 Å². The molecule has 2 aromatic heterocycles. The van der Waals surface area contributed by atoms with Crippen LogP contribution in [0.4, 0.5) is 0 Å². The Kier molecular flexibility index (Phi) is 9.16. The summed E-state index contributed by atoms with van der Waals surface area (Å²) >= 11 is 0. The summed E-state index contributed by atoms with van der Waals surface area (Å²) in [7, 11) is 1.79. The monoisotopic (exact) mass is 458 g/mol. The van der Waals surface area contributed by atoms with Gasteiger partial charge in [-0.15, -0.1) is 34.2 Å². The van der Waals surface area contributed by atoms with Crippen LogP contribution in [0.5, 0.6) is 0 Å². The lowest BCUT2D eigenvalue weighted by molar-refractivity contribution is 0.318. The third kappa shape index (κ3) is 6.80. The van der Waals surface area contributed by atoms with Crippen LogP contribution in [0.1, 0.15) is 52.3 Å². The summed E-state index contributed by atoms with van der Waals surface area (Å²) in [6.07, 6.45) is 7.04. The molecule has 25 heavy (non-hydrogen) atoms. The summed E-state index contributed by atoms with van der Waals surface area (Å²) in [6, 6.07) is 5.89. The Morgan fingerprint density at radius 1 is 1.20 bits per heavy atom. The summed E-state index contributed by atoms with van der Waals surface area (Å²) in [6.45, 7) is 8.33. The van der Waals surface area contributed by atoms with Crippen molar-refractivity contribution in [2.45, 2.75) is 53.0 Å². The molecule has 2 aromatic rings. The quantitative estimate of drug-likeness (QED) is 0.275. The van der Waals surface area contributed by atoms with E-state index in [1.165, 1.54) is 25.7 Å². The van der Waals surface area contributed by atoms with Crippen LogP contribution < -0.4 is 10.6 Å². The van der Waals surface area contributed by atoms with E-state index in [-0.39, 0.29) is 29.4 Å². The Hall–Kier alpha value is -1.38. The normalized spacial score (nSPS) is 12.1. The van der Waals surface area contributed by atoms with Crippen molar-refractivity contribution in [1.82, 2.24) is 25.2 Å². The van der Waals surface area contributed by atoms with Gasteiger partial charge in [0.25, 0.3) is 0 Å². The first kappa shape index (κ1) is 21.7. The van der Waals surface area contributed by atoms with Gasteiger partial charge in [-0.25, -0.2) is 0 Å². The van der Waals surface area contributed by atoms with Gasteiger partial charge in [0.1, 0.15) is 0 Å². The van der Waals surface area contributed by atoms with E-state index in [0.29, 0.717) is 6.54 Å².